The minimum absolute atomic E-state index is 0.124. The quantitative estimate of drug-likeness (QED) is 0.718. The predicted molar refractivity (Wildman–Crippen MR) is 102 cm³/mol. The molecule has 0 aliphatic carbocycles. The summed E-state index contributed by atoms with van der Waals surface area (Å²) in [6, 6.07) is 18.0. The molecule has 2 aromatic carbocycles. The minimum atomic E-state index is -0.478. The summed E-state index contributed by atoms with van der Waals surface area (Å²) >= 11 is 0. The molecular formula is C21H19FN4O. The van der Waals surface area contributed by atoms with Gasteiger partial charge in [0, 0.05) is 37.8 Å². The summed E-state index contributed by atoms with van der Waals surface area (Å²) in [5.41, 5.74) is 2.03. The Bertz CT molecular complexity index is 940. The van der Waals surface area contributed by atoms with E-state index in [0.29, 0.717) is 26.2 Å². The first kappa shape index (κ1) is 17.1. The highest BCUT2D eigenvalue weighted by atomic mass is 19.1. The minimum Gasteiger partial charge on any atom is -0.353 e. The molecule has 0 unspecified atom stereocenters. The molecule has 0 bridgehead atoms. The van der Waals surface area contributed by atoms with E-state index in [-0.39, 0.29) is 11.5 Å². The zero-order valence-corrected chi connectivity index (χ0v) is 14.8. The van der Waals surface area contributed by atoms with Crippen LogP contribution in [0.5, 0.6) is 0 Å². The number of amides is 1. The van der Waals surface area contributed by atoms with Crippen LogP contribution in [0.2, 0.25) is 0 Å². The van der Waals surface area contributed by atoms with Gasteiger partial charge in [-0.2, -0.15) is 0 Å². The molecule has 1 fully saturated rings. The van der Waals surface area contributed by atoms with Crippen LogP contribution in [0.3, 0.4) is 0 Å². The van der Waals surface area contributed by atoms with Gasteiger partial charge >= 0.3 is 0 Å². The molecule has 1 saturated heterocycles. The fourth-order valence-corrected chi connectivity index (χ4v) is 3.23. The van der Waals surface area contributed by atoms with E-state index in [9.17, 15) is 9.18 Å². The van der Waals surface area contributed by atoms with E-state index in [1.165, 1.54) is 12.1 Å². The lowest BCUT2D eigenvalue weighted by Gasteiger charge is -2.35. The van der Waals surface area contributed by atoms with Crippen molar-refractivity contribution >= 4 is 11.7 Å². The number of benzene rings is 2. The number of hydrogen-bond acceptors (Lipinski definition) is 4. The van der Waals surface area contributed by atoms with Crippen molar-refractivity contribution in [1.29, 1.82) is 0 Å². The van der Waals surface area contributed by atoms with E-state index in [1.807, 2.05) is 36.4 Å². The molecule has 27 heavy (non-hydrogen) atoms. The first-order valence-electron chi connectivity index (χ1n) is 8.88. The predicted octanol–water partition coefficient (Wildman–Crippen LogP) is 3.25. The standard InChI is InChI=1S/C21H19FN4O/c22-18-9-5-4-8-17(18)21(27)26-12-10-25(11-13-26)20-14-19(23-15-24-20)16-6-2-1-3-7-16/h1-9,14-15H,10-13H2. The Labute approximate surface area is 157 Å². The summed E-state index contributed by atoms with van der Waals surface area (Å²) in [5, 5.41) is 0. The molecule has 1 aliphatic heterocycles. The molecule has 3 aromatic rings. The molecule has 0 spiro atoms. The number of carbonyl (C=O) groups is 1. The fourth-order valence-electron chi connectivity index (χ4n) is 3.23. The molecular weight excluding hydrogens is 343 g/mol. The highest BCUT2D eigenvalue weighted by molar-refractivity contribution is 5.94. The zero-order valence-electron chi connectivity index (χ0n) is 14.8. The molecule has 0 atom stereocenters. The van der Waals surface area contributed by atoms with Gasteiger partial charge in [0.05, 0.1) is 11.3 Å². The van der Waals surface area contributed by atoms with Crippen LogP contribution in [0.1, 0.15) is 10.4 Å². The van der Waals surface area contributed by atoms with Crippen molar-refractivity contribution in [2.75, 3.05) is 31.1 Å². The number of carbonyl (C=O) groups excluding carboxylic acids is 1. The number of piperazine rings is 1. The Morgan fingerprint density at radius 2 is 1.59 bits per heavy atom. The van der Waals surface area contributed by atoms with E-state index in [1.54, 1.807) is 23.4 Å². The lowest BCUT2D eigenvalue weighted by atomic mass is 10.1. The third-order valence-corrected chi connectivity index (χ3v) is 4.72. The van der Waals surface area contributed by atoms with E-state index in [4.69, 9.17) is 0 Å². The monoisotopic (exact) mass is 362 g/mol. The normalized spacial score (nSPS) is 14.3. The molecule has 136 valence electrons. The van der Waals surface area contributed by atoms with Crippen molar-refractivity contribution in [3.05, 3.63) is 78.4 Å². The molecule has 1 aliphatic rings. The average molecular weight is 362 g/mol. The van der Waals surface area contributed by atoms with Crippen LogP contribution in [0.4, 0.5) is 10.2 Å². The molecule has 0 radical (unpaired) electrons. The molecule has 0 saturated carbocycles. The topological polar surface area (TPSA) is 49.3 Å². The van der Waals surface area contributed by atoms with Gasteiger partial charge in [-0.05, 0) is 12.1 Å². The van der Waals surface area contributed by atoms with Gasteiger partial charge in [0.2, 0.25) is 0 Å². The summed E-state index contributed by atoms with van der Waals surface area (Å²) in [6.07, 6.45) is 1.56. The first-order valence-corrected chi connectivity index (χ1v) is 8.88. The van der Waals surface area contributed by atoms with Gasteiger partial charge in [0.25, 0.3) is 5.91 Å². The summed E-state index contributed by atoms with van der Waals surface area (Å²) in [4.78, 5) is 25.1. The van der Waals surface area contributed by atoms with Crippen molar-refractivity contribution in [2.24, 2.45) is 0 Å². The maximum absolute atomic E-state index is 13.9. The maximum Gasteiger partial charge on any atom is 0.256 e. The number of rotatable bonds is 3. The number of halogens is 1. The highest BCUT2D eigenvalue weighted by Crippen LogP contribution is 2.22. The van der Waals surface area contributed by atoms with Gasteiger partial charge in [-0.3, -0.25) is 4.79 Å². The van der Waals surface area contributed by atoms with Gasteiger partial charge in [0.1, 0.15) is 18.0 Å². The number of nitrogens with zero attached hydrogens (tertiary/aromatic N) is 4. The Morgan fingerprint density at radius 1 is 0.889 bits per heavy atom. The van der Waals surface area contributed by atoms with Crippen LogP contribution < -0.4 is 4.90 Å². The van der Waals surface area contributed by atoms with Crippen LogP contribution in [0, 0.1) is 5.82 Å². The van der Waals surface area contributed by atoms with E-state index in [2.05, 4.69) is 14.9 Å². The van der Waals surface area contributed by atoms with E-state index < -0.39 is 5.82 Å². The molecule has 4 rings (SSSR count). The summed E-state index contributed by atoms with van der Waals surface area (Å²) in [5.74, 6) is 0.0930. The fraction of sp³-hybridized carbons (Fsp3) is 0.190. The second kappa shape index (κ2) is 7.53. The third kappa shape index (κ3) is 3.65. The van der Waals surface area contributed by atoms with Crippen molar-refractivity contribution in [1.82, 2.24) is 14.9 Å². The Balaban J connectivity index is 1.45. The molecule has 0 N–H and O–H groups in total. The Hall–Kier alpha value is -3.28. The van der Waals surface area contributed by atoms with Crippen LogP contribution in [0.15, 0.2) is 67.0 Å². The SMILES string of the molecule is O=C(c1ccccc1F)N1CCN(c2cc(-c3ccccc3)ncn2)CC1. The Morgan fingerprint density at radius 3 is 2.33 bits per heavy atom. The molecule has 1 amide bonds. The van der Waals surface area contributed by atoms with Crippen molar-refractivity contribution < 1.29 is 9.18 Å². The van der Waals surface area contributed by atoms with Crippen molar-refractivity contribution in [3.8, 4) is 11.3 Å². The van der Waals surface area contributed by atoms with Crippen LogP contribution >= 0.6 is 0 Å². The zero-order chi connectivity index (χ0) is 18.6. The van der Waals surface area contributed by atoms with Gasteiger partial charge in [-0.1, -0.05) is 42.5 Å². The smallest absolute Gasteiger partial charge is 0.256 e. The van der Waals surface area contributed by atoms with Gasteiger partial charge in [-0.25, -0.2) is 14.4 Å². The summed E-state index contributed by atoms with van der Waals surface area (Å²) < 4.78 is 13.9. The molecule has 6 heteroatoms. The summed E-state index contributed by atoms with van der Waals surface area (Å²) in [6.45, 7) is 2.34. The average Bonchev–Trinajstić information content (AvgIpc) is 2.74. The second-order valence-electron chi connectivity index (χ2n) is 6.39. The van der Waals surface area contributed by atoms with Gasteiger partial charge < -0.3 is 9.80 Å². The number of hydrogen-bond donors (Lipinski definition) is 0. The van der Waals surface area contributed by atoms with Crippen LogP contribution in [-0.2, 0) is 0 Å². The second-order valence-corrected chi connectivity index (χ2v) is 6.39. The van der Waals surface area contributed by atoms with Crippen LogP contribution in [0.25, 0.3) is 11.3 Å². The summed E-state index contributed by atoms with van der Waals surface area (Å²) in [7, 11) is 0. The highest BCUT2D eigenvalue weighted by Gasteiger charge is 2.24. The first-order chi connectivity index (χ1) is 13.2. The molecule has 5 nitrogen and oxygen atoms in total. The number of anilines is 1. The maximum atomic E-state index is 13.9. The van der Waals surface area contributed by atoms with Crippen molar-refractivity contribution in [3.63, 3.8) is 0 Å². The largest absolute Gasteiger partial charge is 0.353 e. The van der Waals surface area contributed by atoms with Gasteiger partial charge in [0.15, 0.2) is 0 Å². The van der Waals surface area contributed by atoms with E-state index in [0.717, 1.165) is 17.1 Å². The van der Waals surface area contributed by atoms with Gasteiger partial charge in [-0.15, -0.1) is 0 Å². The lowest BCUT2D eigenvalue weighted by Crippen LogP contribution is -2.49. The molecule has 2 heterocycles. The van der Waals surface area contributed by atoms with Crippen LogP contribution in [-0.4, -0.2) is 47.0 Å². The lowest BCUT2D eigenvalue weighted by molar-refractivity contribution is 0.0742. The number of aromatic nitrogens is 2. The third-order valence-electron chi connectivity index (χ3n) is 4.72. The van der Waals surface area contributed by atoms with Crippen molar-refractivity contribution in [2.45, 2.75) is 0 Å². The Kier molecular flexibility index (Phi) is 4.78. The molecule has 1 aromatic heterocycles. The van der Waals surface area contributed by atoms with E-state index >= 15 is 0 Å².